The van der Waals surface area contributed by atoms with Gasteiger partial charge < -0.3 is 10.6 Å². The standard InChI is InChI=1S/C17H14FN5O2S2/c18-11-6-8-13(9-7-11)19-14(24)10-26-17-23-22-16(27-17)21-15(25)20-12-4-2-1-3-5-12/h1-9H,10H2,(H,19,24)(H2,20,21,22,25). The highest BCUT2D eigenvalue weighted by Crippen LogP contribution is 2.25. The lowest BCUT2D eigenvalue weighted by molar-refractivity contribution is -0.113. The van der Waals surface area contributed by atoms with Crippen LogP contribution in [0.25, 0.3) is 0 Å². The Kier molecular flexibility index (Phi) is 6.34. The number of rotatable bonds is 6. The first-order chi connectivity index (χ1) is 13.1. The summed E-state index contributed by atoms with van der Waals surface area (Å²) in [5, 5.41) is 16.0. The highest BCUT2D eigenvalue weighted by molar-refractivity contribution is 8.01. The third kappa shape index (κ3) is 6.04. The molecule has 3 aromatic rings. The van der Waals surface area contributed by atoms with Gasteiger partial charge in [0.2, 0.25) is 11.0 Å². The number of carbonyl (C=O) groups excluding carboxylic acids is 2. The molecule has 1 heterocycles. The number of benzene rings is 2. The molecule has 1 aromatic heterocycles. The van der Waals surface area contributed by atoms with E-state index in [1.165, 1.54) is 36.0 Å². The Balaban J connectivity index is 1.45. The molecule has 0 fully saturated rings. The molecular formula is C17H14FN5O2S2. The van der Waals surface area contributed by atoms with Gasteiger partial charge in [0.25, 0.3) is 0 Å². The first-order valence-corrected chi connectivity index (χ1v) is 9.53. The summed E-state index contributed by atoms with van der Waals surface area (Å²) in [6.07, 6.45) is 0. The molecule has 0 saturated carbocycles. The third-order valence-corrected chi connectivity index (χ3v) is 5.09. The Morgan fingerprint density at radius 3 is 2.37 bits per heavy atom. The number of nitrogens with zero attached hydrogens (tertiary/aromatic N) is 2. The van der Waals surface area contributed by atoms with Gasteiger partial charge in [0, 0.05) is 11.4 Å². The minimum atomic E-state index is -0.428. The average molecular weight is 403 g/mol. The van der Waals surface area contributed by atoms with Gasteiger partial charge in [-0.05, 0) is 36.4 Å². The number of thioether (sulfide) groups is 1. The van der Waals surface area contributed by atoms with E-state index < -0.39 is 6.03 Å². The topological polar surface area (TPSA) is 96.0 Å². The van der Waals surface area contributed by atoms with E-state index in [0.717, 1.165) is 11.3 Å². The van der Waals surface area contributed by atoms with Crippen molar-refractivity contribution in [3.8, 4) is 0 Å². The lowest BCUT2D eigenvalue weighted by Crippen LogP contribution is -2.19. The van der Waals surface area contributed by atoms with Crippen molar-refractivity contribution in [1.29, 1.82) is 0 Å². The van der Waals surface area contributed by atoms with Crippen LogP contribution in [0.2, 0.25) is 0 Å². The summed E-state index contributed by atoms with van der Waals surface area (Å²) in [6, 6.07) is 14.1. The van der Waals surface area contributed by atoms with E-state index in [0.29, 0.717) is 20.8 Å². The smallest absolute Gasteiger partial charge is 0.325 e. The fraction of sp³-hybridized carbons (Fsp3) is 0.0588. The predicted octanol–water partition coefficient (Wildman–Crippen LogP) is 4.05. The highest BCUT2D eigenvalue weighted by atomic mass is 32.2. The lowest BCUT2D eigenvalue weighted by Gasteiger charge is -2.04. The van der Waals surface area contributed by atoms with Crippen LogP contribution in [0.3, 0.4) is 0 Å². The molecule has 7 nitrogen and oxygen atoms in total. The highest BCUT2D eigenvalue weighted by Gasteiger charge is 2.11. The first kappa shape index (κ1) is 18.8. The van der Waals surface area contributed by atoms with Crippen molar-refractivity contribution < 1.29 is 14.0 Å². The van der Waals surface area contributed by atoms with Crippen LogP contribution < -0.4 is 16.0 Å². The maximum absolute atomic E-state index is 12.8. The molecule has 3 rings (SSSR count). The van der Waals surface area contributed by atoms with E-state index in [2.05, 4.69) is 26.1 Å². The van der Waals surface area contributed by atoms with E-state index in [1.807, 2.05) is 18.2 Å². The van der Waals surface area contributed by atoms with Gasteiger partial charge >= 0.3 is 6.03 Å². The van der Waals surface area contributed by atoms with E-state index >= 15 is 0 Å². The summed E-state index contributed by atoms with van der Waals surface area (Å²) in [5.41, 5.74) is 1.17. The second-order valence-electron chi connectivity index (χ2n) is 5.16. The zero-order valence-electron chi connectivity index (χ0n) is 13.8. The number of carbonyl (C=O) groups is 2. The van der Waals surface area contributed by atoms with Crippen molar-refractivity contribution in [2.45, 2.75) is 4.34 Å². The molecule has 0 bridgehead atoms. The number of amides is 3. The molecule has 0 radical (unpaired) electrons. The molecule has 0 saturated heterocycles. The Morgan fingerprint density at radius 2 is 1.63 bits per heavy atom. The number of nitrogens with one attached hydrogen (secondary N) is 3. The summed E-state index contributed by atoms with van der Waals surface area (Å²) in [4.78, 5) is 23.8. The molecule has 138 valence electrons. The first-order valence-electron chi connectivity index (χ1n) is 7.73. The van der Waals surface area contributed by atoms with Crippen molar-refractivity contribution in [2.24, 2.45) is 0 Å². The van der Waals surface area contributed by atoms with Crippen molar-refractivity contribution >= 4 is 51.5 Å². The van der Waals surface area contributed by atoms with Gasteiger partial charge in [-0.15, -0.1) is 10.2 Å². The van der Waals surface area contributed by atoms with Crippen molar-refractivity contribution in [3.63, 3.8) is 0 Å². The number of halogens is 1. The van der Waals surface area contributed by atoms with Crippen LogP contribution in [-0.4, -0.2) is 27.9 Å². The summed E-state index contributed by atoms with van der Waals surface area (Å²) < 4.78 is 13.4. The fourth-order valence-electron chi connectivity index (χ4n) is 1.96. The quantitative estimate of drug-likeness (QED) is 0.426. The molecule has 2 aromatic carbocycles. The van der Waals surface area contributed by atoms with Gasteiger partial charge in [-0.3, -0.25) is 10.1 Å². The van der Waals surface area contributed by atoms with Gasteiger partial charge in [0.1, 0.15) is 5.82 Å². The maximum Gasteiger partial charge on any atom is 0.325 e. The van der Waals surface area contributed by atoms with E-state index in [1.54, 1.807) is 12.1 Å². The Bertz CT molecular complexity index is 919. The molecule has 3 N–H and O–H groups in total. The molecule has 0 aliphatic heterocycles. The molecule has 0 aliphatic carbocycles. The number of aromatic nitrogens is 2. The number of hydrogen-bond donors (Lipinski definition) is 3. The molecule has 10 heteroatoms. The van der Waals surface area contributed by atoms with Crippen LogP contribution in [0.4, 0.5) is 25.7 Å². The zero-order chi connectivity index (χ0) is 19.1. The molecule has 0 atom stereocenters. The van der Waals surface area contributed by atoms with Gasteiger partial charge in [-0.25, -0.2) is 9.18 Å². The predicted molar refractivity (Wildman–Crippen MR) is 105 cm³/mol. The zero-order valence-corrected chi connectivity index (χ0v) is 15.4. The van der Waals surface area contributed by atoms with Crippen LogP contribution in [0.5, 0.6) is 0 Å². The van der Waals surface area contributed by atoms with E-state index in [-0.39, 0.29) is 17.5 Å². The Labute approximate surface area is 162 Å². The second kappa shape index (κ2) is 9.10. The normalized spacial score (nSPS) is 10.3. The Morgan fingerprint density at radius 1 is 0.926 bits per heavy atom. The summed E-state index contributed by atoms with van der Waals surface area (Å²) in [7, 11) is 0. The van der Waals surface area contributed by atoms with Gasteiger partial charge in [-0.1, -0.05) is 41.3 Å². The maximum atomic E-state index is 12.8. The number of urea groups is 1. The minimum absolute atomic E-state index is 0.113. The van der Waals surface area contributed by atoms with Crippen LogP contribution in [-0.2, 0) is 4.79 Å². The molecule has 0 spiro atoms. The van der Waals surface area contributed by atoms with E-state index in [9.17, 15) is 14.0 Å². The monoisotopic (exact) mass is 403 g/mol. The number of hydrogen-bond acceptors (Lipinski definition) is 6. The van der Waals surface area contributed by atoms with Crippen molar-refractivity contribution in [2.75, 3.05) is 21.7 Å². The van der Waals surface area contributed by atoms with Crippen LogP contribution >= 0.6 is 23.1 Å². The molecule has 3 amide bonds. The lowest BCUT2D eigenvalue weighted by atomic mass is 10.3. The largest absolute Gasteiger partial charge is 0.325 e. The van der Waals surface area contributed by atoms with Crippen LogP contribution in [0.15, 0.2) is 58.9 Å². The molecular weight excluding hydrogens is 389 g/mol. The third-order valence-electron chi connectivity index (χ3n) is 3.11. The van der Waals surface area contributed by atoms with Gasteiger partial charge in [0.05, 0.1) is 5.75 Å². The summed E-state index contributed by atoms with van der Waals surface area (Å²) in [5.74, 6) is -0.506. The number of anilines is 3. The van der Waals surface area contributed by atoms with Crippen LogP contribution in [0, 0.1) is 5.82 Å². The van der Waals surface area contributed by atoms with E-state index in [4.69, 9.17) is 0 Å². The SMILES string of the molecule is O=C(CSc1nnc(NC(=O)Nc2ccccc2)s1)Nc1ccc(F)cc1. The van der Waals surface area contributed by atoms with Gasteiger partial charge in [-0.2, -0.15) is 0 Å². The molecule has 0 unspecified atom stereocenters. The van der Waals surface area contributed by atoms with Crippen molar-refractivity contribution in [1.82, 2.24) is 10.2 Å². The minimum Gasteiger partial charge on any atom is -0.325 e. The average Bonchev–Trinajstić information content (AvgIpc) is 3.10. The molecule has 27 heavy (non-hydrogen) atoms. The second-order valence-corrected chi connectivity index (χ2v) is 7.36. The van der Waals surface area contributed by atoms with Gasteiger partial charge in [0.15, 0.2) is 4.34 Å². The van der Waals surface area contributed by atoms with Crippen molar-refractivity contribution in [3.05, 3.63) is 60.4 Å². The molecule has 0 aliphatic rings. The van der Waals surface area contributed by atoms with Crippen LogP contribution in [0.1, 0.15) is 0 Å². The Hall–Kier alpha value is -2.98. The summed E-state index contributed by atoms with van der Waals surface area (Å²) >= 11 is 2.35. The number of para-hydroxylation sites is 1. The fourth-order valence-corrected chi connectivity index (χ4v) is 3.50. The summed E-state index contributed by atoms with van der Waals surface area (Å²) in [6.45, 7) is 0.